The molecule has 5 saturated heterocycles. The van der Waals surface area contributed by atoms with Crippen LogP contribution in [0.5, 0.6) is 0 Å². The van der Waals surface area contributed by atoms with Crippen molar-refractivity contribution >= 4 is 0 Å². The van der Waals surface area contributed by atoms with Crippen LogP contribution in [0, 0.1) is 46.3 Å². The van der Waals surface area contributed by atoms with Crippen LogP contribution in [0.25, 0.3) is 10.4 Å². The minimum Gasteiger partial charge on any atom is -0.388 e. The topological polar surface area (TPSA) is 273 Å². The second-order valence-electron chi connectivity index (χ2n) is 21.9. The first-order chi connectivity index (χ1) is 31.4. The van der Waals surface area contributed by atoms with E-state index >= 15 is 0 Å². The highest BCUT2D eigenvalue weighted by atomic mass is 16.8. The molecule has 26 atom stereocenters. The molecule has 5 aliphatic heterocycles. The van der Waals surface area contributed by atoms with Gasteiger partial charge in [0.2, 0.25) is 0 Å². The third-order valence-corrected chi connectivity index (χ3v) is 18.1. The van der Waals surface area contributed by atoms with Gasteiger partial charge in [-0.15, -0.1) is 0 Å². The molecule has 0 aromatic heterocycles. The van der Waals surface area contributed by atoms with E-state index in [2.05, 4.69) is 43.8 Å². The molecular weight excluding hydrogens is 863 g/mol. The molecule has 0 unspecified atom stereocenters. The fraction of sp³-hybridized carbons (Fsp3) is 0.957. The monoisotopic (exact) mass is 938 g/mol. The van der Waals surface area contributed by atoms with Crippen LogP contribution in [0.3, 0.4) is 0 Å². The van der Waals surface area contributed by atoms with Gasteiger partial charge in [-0.25, -0.2) is 0 Å². The maximum absolute atomic E-state index is 12.3. The first kappa shape index (κ1) is 49.4. The van der Waals surface area contributed by atoms with Crippen molar-refractivity contribution in [2.45, 2.75) is 209 Å². The number of rotatable bonds is 11. The van der Waals surface area contributed by atoms with E-state index in [4.69, 9.17) is 48.2 Å². The van der Waals surface area contributed by atoms with Crippen LogP contribution < -0.4 is 0 Å². The summed E-state index contributed by atoms with van der Waals surface area (Å²) in [6.45, 7) is 13.2. The zero-order chi connectivity index (χ0) is 47.0. The van der Waals surface area contributed by atoms with Gasteiger partial charge in [0.05, 0.1) is 44.2 Å². The van der Waals surface area contributed by atoms with Crippen molar-refractivity contribution in [2.75, 3.05) is 26.4 Å². The molecule has 3 saturated carbocycles. The Morgan fingerprint density at radius 3 is 2.09 bits per heavy atom. The SMILES string of the molecule is C[C@@H]1CC[C@@]2(OC1)O[C@H]1C[C@H]3[C@@H]4CC=C5C[C@@H](O[C@@H]6O[C@H](COCCN=[N+]=[N-])[C@@H](O[C@@H]7O[C@@H](C)[C@H](O)[C@@H](O)[C@H]7O)[C@H](O)[C@H]6O[C@@H]6O[C@@H](C)[C@H](O)[C@@H](O)[C@H]6O)CC[C@]5(C)[C@H]4CC[C@]3(C)[C@H]1[C@@H]2C. The molecule has 8 fully saturated rings. The number of azide groups is 1. The average Bonchev–Trinajstić information content (AvgIpc) is 3.74. The Hall–Kier alpha value is -1.59. The normalized spacial score (nSPS) is 54.7. The van der Waals surface area contributed by atoms with Crippen molar-refractivity contribution in [1.29, 1.82) is 0 Å². The highest BCUT2D eigenvalue weighted by Gasteiger charge is 2.69. The molecule has 374 valence electrons. The van der Waals surface area contributed by atoms with Gasteiger partial charge in [0.1, 0.15) is 61.0 Å². The molecule has 19 nitrogen and oxygen atoms in total. The number of fused-ring (bicyclic) bond motifs is 7. The van der Waals surface area contributed by atoms with Gasteiger partial charge in [0, 0.05) is 23.8 Å². The number of hydrogen-bond acceptors (Lipinski definition) is 17. The second kappa shape index (κ2) is 19.2. The maximum atomic E-state index is 12.3. The fourth-order valence-corrected chi connectivity index (χ4v) is 14.3. The Morgan fingerprint density at radius 1 is 0.758 bits per heavy atom. The molecule has 5 heterocycles. The third-order valence-electron chi connectivity index (χ3n) is 18.1. The third kappa shape index (κ3) is 8.60. The molecular formula is C47H75N3O16. The largest absolute Gasteiger partial charge is 0.388 e. The lowest BCUT2D eigenvalue weighted by Gasteiger charge is -2.59. The second-order valence-corrected chi connectivity index (χ2v) is 21.9. The first-order valence-corrected chi connectivity index (χ1v) is 24.7. The summed E-state index contributed by atoms with van der Waals surface area (Å²) in [5.41, 5.74) is 10.3. The van der Waals surface area contributed by atoms with E-state index in [-0.39, 0.29) is 42.8 Å². The number of aliphatic hydroxyl groups excluding tert-OH is 7. The van der Waals surface area contributed by atoms with Gasteiger partial charge in [-0.2, -0.15) is 0 Å². The Labute approximate surface area is 386 Å². The van der Waals surface area contributed by atoms with Crippen LogP contribution in [-0.4, -0.2) is 172 Å². The summed E-state index contributed by atoms with van der Waals surface area (Å²) in [4.78, 5) is 2.77. The van der Waals surface area contributed by atoms with Crippen molar-refractivity contribution in [2.24, 2.45) is 51.5 Å². The van der Waals surface area contributed by atoms with E-state index in [1.54, 1.807) is 0 Å². The van der Waals surface area contributed by atoms with E-state index in [0.29, 0.717) is 48.3 Å². The quantitative estimate of drug-likeness (QED) is 0.0516. The molecule has 19 heteroatoms. The maximum Gasteiger partial charge on any atom is 0.187 e. The van der Waals surface area contributed by atoms with E-state index < -0.39 is 97.9 Å². The van der Waals surface area contributed by atoms with Gasteiger partial charge in [-0.05, 0) is 111 Å². The van der Waals surface area contributed by atoms with E-state index in [0.717, 1.165) is 51.6 Å². The van der Waals surface area contributed by atoms with Gasteiger partial charge in [-0.3, -0.25) is 0 Å². The number of aliphatic hydroxyl groups is 7. The van der Waals surface area contributed by atoms with Gasteiger partial charge in [0.15, 0.2) is 24.7 Å². The minimum atomic E-state index is -1.72. The number of ether oxygens (including phenoxy) is 9. The van der Waals surface area contributed by atoms with Crippen molar-refractivity contribution in [3.05, 3.63) is 22.1 Å². The van der Waals surface area contributed by atoms with Gasteiger partial charge in [0.25, 0.3) is 0 Å². The van der Waals surface area contributed by atoms with Crippen molar-refractivity contribution in [3.8, 4) is 0 Å². The van der Waals surface area contributed by atoms with E-state index in [9.17, 15) is 35.7 Å². The molecule has 66 heavy (non-hydrogen) atoms. The van der Waals surface area contributed by atoms with Crippen LogP contribution >= 0.6 is 0 Å². The number of allylic oxidation sites excluding steroid dienone is 1. The summed E-state index contributed by atoms with van der Waals surface area (Å²) in [6.07, 6.45) is -10.5. The Balaban J connectivity index is 0.939. The molecule has 0 amide bonds. The smallest absolute Gasteiger partial charge is 0.187 e. The molecule has 0 bridgehead atoms. The van der Waals surface area contributed by atoms with Gasteiger partial charge < -0.3 is 78.4 Å². The highest BCUT2D eigenvalue weighted by Crippen LogP contribution is 2.70. The first-order valence-electron chi connectivity index (χ1n) is 24.7. The molecule has 7 N–H and O–H groups in total. The highest BCUT2D eigenvalue weighted by molar-refractivity contribution is 5.26. The fourth-order valence-electron chi connectivity index (χ4n) is 14.3. The summed E-state index contributed by atoms with van der Waals surface area (Å²) >= 11 is 0. The minimum absolute atomic E-state index is 0.00230. The Bertz CT molecular complexity index is 1780. The summed E-state index contributed by atoms with van der Waals surface area (Å²) in [7, 11) is 0. The zero-order valence-corrected chi connectivity index (χ0v) is 39.2. The molecule has 4 aliphatic carbocycles. The van der Waals surface area contributed by atoms with E-state index in [1.165, 1.54) is 19.4 Å². The average molecular weight is 938 g/mol. The molecule has 1 spiro atoms. The van der Waals surface area contributed by atoms with Crippen molar-refractivity contribution < 1.29 is 78.4 Å². The van der Waals surface area contributed by atoms with Crippen molar-refractivity contribution in [3.63, 3.8) is 0 Å². The predicted molar refractivity (Wildman–Crippen MR) is 231 cm³/mol. The van der Waals surface area contributed by atoms with Crippen molar-refractivity contribution in [1.82, 2.24) is 0 Å². The van der Waals surface area contributed by atoms with Crippen LogP contribution in [0.15, 0.2) is 16.8 Å². The lowest BCUT2D eigenvalue weighted by molar-refractivity contribution is -0.389. The van der Waals surface area contributed by atoms with Crippen LogP contribution in [0.1, 0.15) is 99.3 Å². The van der Waals surface area contributed by atoms with Gasteiger partial charge >= 0.3 is 0 Å². The van der Waals surface area contributed by atoms with Gasteiger partial charge in [-0.1, -0.05) is 44.5 Å². The predicted octanol–water partition coefficient (Wildman–Crippen LogP) is 2.58. The standard InChI is InChI=1S/C47H75N3O16/c1-21-9-14-47(59-19-21)22(2)32-30(66-47)18-29-27-8-7-25-17-26(10-12-45(25,5)28(27)11-13-46(29,32)6)62-44-41(65-43-38(56)36(54)34(52)24(4)61-43)39(57)40(31(63-44)20-58-16-15-49-50-48)64-42-37(55)35(53)33(51)23(3)60-42/h7,21-24,26-44,51-57H,8-20H2,1-6H3/t21-,22+,23+,24+,26+,27-,28+,29+,30+,31-,32+,33+,34+,35-,36-,37-,38-,39+,40-,41-,42+,43+,44-,45+,46+,47-/m1/s1. The van der Waals surface area contributed by atoms with E-state index in [1.807, 2.05) is 0 Å². The molecule has 9 aliphatic rings. The summed E-state index contributed by atoms with van der Waals surface area (Å²) in [6, 6.07) is 0. The lowest BCUT2D eigenvalue weighted by atomic mass is 9.47. The molecule has 9 rings (SSSR count). The number of hydrogen-bond donors (Lipinski definition) is 7. The Morgan fingerprint density at radius 2 is 1.44 bits per heavy atom. The Kier molecular flexibility index (Phi) is 14.4. The summed E-state index contributed by atoms with van der Waals surface area (Å²) in [5, 5.41) is 79.9. The van der Waals surface area contributed by atoms with Crippen LogP contribution in [-0.2, 0) is 42.6 Å². The molecule has 0 aromatic rings. The van der Waals surface area contributed by atoms with Crippen LogP contribution in [0.4, 0.5) is 0 Å². The summed E-state index contributed by atoms with van der Waals surface area (Å²) < 4.78 is 56.9. The molecule has 0 aromatic carbocycles. The summed E-state index contributed by atoms with van der Waals surface area (Å²) in [5.74, 6) is 2.56. The molecule has 0 radical (unpaired) electrons. The number of nitrogens with zero attached hydrogens (tertiary/aromatic N) is 3. The zero-order valence-electron chi connectivity index (χ0n) is 39.2. The lowest BCUT2D eigenvalue weighted by Crippen LogP contribution is -2.66. The van der Waals surface area contributed by atoms with Crippen LogP contribution in [0.2, 0.25) is 0 Å².